The number of aliphatic carboxylic acids is 1. The first kappa shape index (κ1) is 31.4. The molecule has 8 heteroatoms. The van der Waals surface area contributed by atoms with Gasteiger partial charge in [0.25, 0.3) is 0 Å². The fraction of sp³-hybridized carbons (Fsp3) is 0.955. The molecule has 0 aromatic carbocycles. The zero-order chi connectivity index (χ0) is 23.2. The van der Waals surface area contributed by atoms with Crippen LogP contribution in [0.15, 0.2) is 0 Å². The summed E-state index contributed by atoms with van der Waals surface area (Å²) >= 11 is 0. The molecule has 30 heavy (non-hydrogen) atoms. The quantitative estimate of drug-likeness (QED) is 0.151. The van der Waals surface area contributed by atoms with Gasteiger partial charge in [0.15, 0.2) is 0 Å². The second-order valence-electron chi connectivity index (χ2n) is 7.87. The largest absolute Gasteiger partial charge is 0.481 e. The van der Waals surface area contributed by atoms with E-state index in [9.17, 15) is 4.79 Å². The van der Waals surface area contributed by atoms with Crippen LogP contribution in [-0.2, 0) is 4.79 Å². The van der Waals surface area contributed by atoms with Crippen molar-refractivity contribution in [1.29, 1.82) is 0 Å². The average molecular weight is 439 g/mol. The molecule has 0 bridgehead atoms. The first-order chi connectivity index (χ1) is 14.3. The molecule has 0 rings (SSSR count). The fourth-order valence-corrected chi connectivity index (χ4v) is 2.97. The van der Waals surface area contributed by atoms with Crippen LogP contribution < -0.4 is 0 Å². The Labute approximate surface area is 181 Å². The minimum absolute atomic E-state index is 0.345. The van der Waals surface area contributed by atoms with Crippen LogP contribution in [0.1, 0.15) is 96.8 Å². The third-order valence-electron chi connectivity index (χ3n) is 5.01. The average Bonchev–Trinajstić information content (AvgIpc) is 2.74. The molecule has 0 heterocycles. The van der Waals surface area contributed by atoms with Crippen LogP contribution in [0.3, 0.4) is 0 Å². The Bertz CT molecular complexity index is 353. The van der Waals surface area contributed by atoms with E-state index in [4.69, 9.17) is 35.7 Å². The summed E-state index contributed by atoms with van der Waals surface area (Å²) in [5.74, 6) is -0.655. The third kappa shape index (κ3) is 20.5. The topological polar surface area (TPSA) is 159 Å². The zero-order valence-corrected chi connectivity index (χ0v) is 18.7. The van der Waals surface area contributed by atoms with Crippen molar-refractivity contribution >= 4 is 5.97 Å². The van der Waals surface area contributed by atoms with Crippen molar-refractivity contribution in [2.24, 2.45) is 0 Å². The van der Waals surface area contributed by atoms with Crippen molar-refractivity contribution in [2.75, 3.05) is 13.2 Å². The maximum Gasteiger partial charge on any atom is 0.303 e. The van der Waals surface area contributed by atoms with Gasteiger partial charge in [0, 0.05) is 6.42 Å². The molecule has 0 aromatic rings. The number of carboxylic acid groups (broad SMARTS) is 1. The molecule has 0 saturated carbocycles. The number of hydrogen-bond acceptors (Lipinski definition) is 7. The van der Waals surface area contributed by atoms with E-state index in [0.29, 0.717) is 6.42 Å². The van der Waals surface area contributed by atoms with Gasteiger partial charge in [-0.15, -0.1) is 0 Å². The van der Waals surface area contributed by atoms with E-state index in [2.05, 4.69) is 6.92 Å². The van der Waals surface area contributed by atoms with Gasteiger partial charge in [-0.05, 0) is 6.42 Å². The van der Waals surface area contributed by atoms with Gasteiger partial charge in [-0.2, -0.15) is 0 Å². The van der Waals surface area contributed by atoms with Gasteiger partial charge in [0.05, 0.1) is 13.2 Å². The Morgan fingerprint density at radius 1 is 0.600 bits per heavy atom. The minimum atomic E-state index is -1.67. The molecule has 7 N–H and O–H groups in total. The van der Waals surface area contributed by atoms with Crippen LogP contribution in [-0.4, -0.2) is 79.3 Å². The third-order valence-corrected chi connectivity index (χ3v) is 5.01. The number of rotatable bonds is 19. The van der Waals surface area contributed by atoms with Crippen molar-refractivity contribution in [3.05, 3.63) is 0 Å². The first-order valence-corrected chi connectivity index (χ1v) is 11.5. The fourth-order valence-electron chi connectivity index (χ4n) is 2.97. The number of hydrogen-bond donors (Lipinski definition) is 7. The minimum Gasteiger partial charge on any atom is -0.481 e. The number of carboxylic acids is 1. The Hall–Kier alpha value is -0.770. The van der Waals surface area contributed by atoms with Gasteiger partial charge in [-0.3, -0.25) is 4.79 Å². The molecule has 0 fully saturated rings. The second-order valence-corrected chi connectivity index (χ2v) is 7.87. The molecule has 0 amide bonds. The molecule has 182 valence electrons. The highest BCUT2D eigenvalue weighted by Crippen LogP contribution is 2.12. The van der Waals surface area contributed by atoms with E-state index < -0.39 is 43.6 Å². The van der Waals surface area contributed by atoms with Crippen LogP contribution in [0.5, 0.6) is 0 Å². The van der Waals surface area contributed by atoms with E-state index in [0.717, 1.165) is 12.8 Å². The van der Waals surface area contributed by atoms with Crippen LogP contribution in [0.2, 0.25) is 0 Å². The summed E-state index contributed by atoms with van der Waals surface area (Å²) < 4.78 is 0. The predicted octanol–water partition coefficient (Wildman–Crippen LogP) is 1.97. The van der Waals surface area contributed by atoms with Crippen molar-refractivity contribution in [3.8, 4) is 0 Å². The molecular weight excluding hydrogens is 392 g/mol. The summed E-state index contributed by atoms with van der Waals surface area (Å²) in [5, 5.41) is 60.7. The van der Waals surface area contributed by atoms with Crippen LogP contribution >= 0.6 is 0 Å². The standard InChI is InChI=1S/C16H32O2.C6H14O6/c1-2-3-4-5-6-7-8-9-10-11-12-13-14-15-16(17)18;7-1-3(9)5(11)6(12)4(10)2-8/h2-15H2,1H3,(H,17,18);3-12H,1-2H2. The molecule has 0 radical (unpaired) electrons. The number of unbranched alkanes of at least 4 members (excludes halogenated alkanes) is 12. The Kier molecular flexibility index (Phi) is 24.0. The van der Waals surface area contributed by atoms with Crippen molar-refractivity contribution < 1.29 is 40.5 Å². The number of aliphatic hydroxyl groups is 6. The van der Waals surface area contributed by atoms with Gasteiger partial charge < -0.3 is 35.7 Å². The summed E-state index contributed by atoms with van der Waals surface area (Å²) in [5.41, 5.74) is 0. The van der Waals surface area contributed by atoms with Gasteiger partial charge in [-0.25, -0.2) is 0 Å². The maximum absolute atomic E-state index is 10.3. The van der Waals surface area contributed by atoms with Crippen LogP contribution in [0, 0.1) is 0 Å². The summed E-state index contributed by atoms with van der Waals surface area (Å²) in [7, 11) is 0. The lowest BCUT2D eigenvalue weighted by Crippen LogP contribution is -2.46. The second kappa shape index (κ2) is 22.9. The van der Waals surface area contributed by atoms with Gasteiger partial charge >= 0.3 is 5.97 Å². The lowest BCUT2D eigenvalue weighted by molar-refractivity contribution is -0.137. The summed E-state index contributed by atoms with van der Waals surface area (Å²) in [6, 6.07) is 0. The molecular formula is C22H46O8. The first-order valence-electron chi connectivity index (χ1n) is 11.5. The van der Waals surface area contributed by atoms with Gasteiger partial charge in [0.2, 0.25) is 0 Å². The molecule has 0 aromatic heterocycles. The normalized spacial score (nSPS) is 15.0. The Morgan fingerprint density at radius 2 is 0.900 bits per heavy atom. The molecule has 0 aliphatic heterocycles. The maximum atomic E-state index is 10.3. The number of carbonyl (C=O) groups is 1. The molecule has 0 aliphatic rings. The molecule has 0 saturated heterocycles. The molecule has 0 aliphatic carbocycles. The van der Waals surface area contributed by atoms with E-state index in [1.165, 1.54) is 70.6 Å². The molecule has 4 unspecified atom stereocenters. The lowest BCUT2D eigenvalue weighted by atomic mass is 10.0. The van der Waals surface area contributed by atoms with E-state index in [-0.39, 0.29) is 0 Å². The molecule has 8 nitrogen and oxygen atoms in total. The van der Waals surface area contributed by atoms with Crippen molar-refractivity contribution in [1.82, 2.24) is 0 Å². The number of aliphatic hydroxyl groups excluding tert-OH is 6. The lowest BCUT2D eigenvalue weighted by Gasteiger charge is -2.24. The van der Waals surface area contributed by atoms with E-state index in [1.807, 2.05) is 0 Å². The van der Waals surface area contributed by atoms with Gasteiger partial charge in [0.1, 0.15) is 24.4 Å². The van der Waals surface area contributed by atoms with Crippen molar-refractivity contribution in [3.63, 3.8) is 0 Å². The summed E-state index contributed by atoms with van der Waals surface area (Å²) in [6.07, 6.45) is 10.9. The monoisotopic (exact) mass is 438 g/mol. The molecule has 4 atom stereocenters. The highest BCUT2D eigenvalue weighted by molar-refractivity contribution is 5.66. The van der Waals surface area contributed by atoms with Gasteiger partial charge in [-0.1, -0.05) is 84.0 Å². The van der Waals surface area contributed by atoms with E-state index >= 15 is 0 Å². The van der Waals surface area contributed by atoms with Crippen LogP contribution in [0.25, 0.3) is 0 Å². The van der Waals surface area contributed by atoms with E-state index in [1.54, 1.807) is 0 Å². The van der Waals surface area contributed by atoms with Crippen LogP contribution in [0.4, 0.5) is 0 Å². The Balaban J connectivity index is 0. The molecule has 0 spiro atoms. The Morgan fingerprint density at radius 3 is 1.17 bits per heavy atom. The summed E-state index contributed by atoms with van der Waals surface area (Å²) in [4.78, 5) is 10.3. The zero-order valence-electron chi connectivity index (χ0n) is 18.7. The van der Waals surface area contributed by atoms with Crippen molar-refractivity contribution in [2.45, 2.75) is 121 Å². The SMILES string of the molecule is CCCCCCCCCCCCCCCC(=O)O.OCC(O)C(O)C(O)C(O)CO. The summed E-state index contributed by atoms with van der Waals surface area (Å²) in [6.45, 7) is 0.809. The predicted molar refractivity (Wildman–Crippen MR) is 116 cm³/mol. The highest BCUT2D eigenvalue weighted by Gasteiger charge is 2.29. The smallest absolute Gasteiger partial charge is 0.303 e. The highest BCUT2D eigenvalue weighted by atomic mass is 16.4.